The Labute approximate surface area is 125 Å². The minimum absolute atomic E-state index is 0.206. The van der Waals surface area contributed by atoms with Crippen LogP contribution >= 0.6 is 0 Å². The Morgan fingerprint density at radius 1 is 1.33 bits per heavy atom. The minimum atomic E-state index is -0.330. The highest BCUT2D eigenvalue weighted by Gasteiger charge is 2.33. The first-order chi connectivity index (χ1) is 9.95. The molecule has 1 fully saturated rings. The number of likely N-dealkylation sites (tertiary alicyclic amines) is 1. The first-order valence-electron chi connectivity index (χ1n) is 7.60. The molecule has 0 N–H and O–H groups in total. The number of hydrogen-bond acceptors (Lipinski definition) is 3. The van der Waals surface area contributed by atoms with Gasteiger partial charge in [0.25, 0.3) is 0 Å². The van der Waals surface area contributed by atoms with E-state index < -0.39 is 0 Å². The number of para-hydroxylation sites is 2. The molecule has 1 saturated heterocycles. The molecular weight excluding hydrogens is 264 g/mol. The van der Waals surface area contributed by atoms with E-state index >= 15 is 0 Å². The van der Waals surface area contributed by atoms with Crippen LogP contribution in [0.2, 0.25) is 0 Å². The van der Waals surface area contributed by atoms with Gasteiger partial charge in [0.1, 0.15) is 5.52 Å². The summed E-state index contributed by atoms with van der Waals surface area (Å²) in [4.78, 5) is 19.0. The van der Waals surface area contributed by atoms with Crippen molar-refractivity contribution in [1.82, 2.24) is 9.88 Å². The van der Waals surface area contributed by atoms with Gasteiger partial charge < -0.3 is 9.32 Å². The summed E-state index contributed by atoms with van der Waals surface area (Å²) in [6.45, 7) is 7.46. The van der Waals surface area contributed by atoms with E-state index in [1.807, 2.05) is 49.9 Å². The van der Waals surface area contributed by atoms with Crippen molar-refractivity contribution in [1.29, 1.82) is 0 Å². The summed E-state index contributed by atoms with van der Waals surface area (Å²) in [5, 5.41) is 0. The van der Waals surface area contributed by atoms with E-state index in [0.717, 1.165) is 36.4 Å². The van der Waals surface area contributed by atoms with Crippen molar-refractivity contribution < 1.29 is 9.21 Å². The smallest absolute Gasteiger partial charge is 0.227 e. The molecule has 0 spiro atoms. The number of carbonyl (C=O) groups excluding carboxylic acids is 1. The first kappa shape index (κ1) is 14.1. The number of benzene rings is 1. The van der Waals surface area contributed by atoms with Crippen molar-refractivity contribution in [2.75, 3.05) is 13.1 Å². The maximum Gasteiger partial charge on any atom is 0.227 e. The van der Waals surface area contributed by atoms with Crippen LogP contribution in [0.4, 0.5) is 0 Å². The summed E-state index contributed by atoms with van der Waals surface area (Å²) in [6, 6.07) is 7.81. The zero-order valence-corrected chi connectivity index (χ0v) is 12.9. The molecule has 0 bridgehead atoms. The second-order valence-corrected chi connectivity index (χ2v) is 6.86. The Hall–Kier alpha value is -1.84. The van der Waals surface area contributed by atoms with E-state index in [1.54, 1.807) is 0 Å². The maximum absolute atomic E-state index is 12.4. The van der Waals surface area contributed by atoms with Gasteiger partial charge in [-0.05, 0) is 25.0 Å². The van der Waals surface area contributed by atoms with E-state index in [2.05, 4.69) is 4.98 Å². The van der Waals surface area contributed by atoms with Gasteiger partial charge in [-0.1, -0.05) is 32.9 Å². The monoisotopic (exact) mass is 286 g/mol. The molecule has 1 aliphatic rings. The molecule has 1 aromatic heterocycles. The van der Waals surface area contributed by atoms with Crippen LogP contribution < -0.4 is 0 Å². The van der Waals surface area contributed by atoms with E-state index in [0.29, 0.717) is 6.54 Å². The summed E-state index contributed by atoms with van der Waals surface area (Å²) in [5.74, 6) is 1.18. The lowest BCUT2D eigenvalue weighted by Crippen LogP contribution is -2.44. The SMILES string of the molecule is CC(C)(C)C(=O)N1CCCC(c2nc3ccccc3o2)C1. The second-order valence-electron chi connectivity index (χ2n) is 6.86. The Morgan fingerprint density at radius 3 is 2.81 bits per heavy atom. The summed E-state index contributed by atoms with van der Waals surface area (Å²) in [7, 11) is 0. The number of aromatic nitrogens is 1. The van der Waals surface area contributed by atoms with Gasteiger partial charge in [0.15, 0.2) is 11.5 Å². The zero-order chi connectivity index (χ0) is 15.0. The lowest BCUT2D eigenvalue weighted by Gasteiger charge is -2.35. The van der Waals surface area contributed by atoms with Crippen LogP contribution in [-0.4, -0.2) is 28.9 Å². The topological polar surface area (TPSA) is 46.3 Å². The van der Waals surface area contributed by atoms with Crippen molar-refractivity contribution in [3.05, 3.63) is 30.2 Å². The number of carbonyl (C=O) groups is 1. The molecule has 1 aliphatic heterocycles. The molecule has 2 heterocycles. The Kier molecular flexibility index (Phi) is 3.47. The Morgan fingerprint density at radius 2 is 2.10 bits per heavy atom. The van der Waals surface area contributed by atoms with E-state index in [4.69, 9.17) is 4.42 Å². The molecule has 1 atom stereocenters. The first-order valence-corrected chi connectivity index (χ1v) is 7.60. The molecule has 1 amide bonds. The van der Waals surface area contributed by atoms with Gasteiger partial charge >= 0.3 is 0 Å². The minimum Gasteiger partial charge on any atom is -0.440 e. The number of oxazole rings is 1. The van der Waals surface area contributed by atoms with Crippen LogP contribution in [0, 0.1) is 5.41 Å². The predicted molar refractivity (Wildman–Crippen MR) is 82.0 cm³/mol. The molecule has 112 valence electrons. The molecule has 4 heteroatoms. The maximum atomic E-state index is 12.4. The van der Waals surface area contributed by atoms with Crippen molar-refractivity contribution in [2.24, 2.45) is 5.41 Å². The number of amides is 1. The van der Waals surface area contributed by atoms with Gasteiger partial charge in [-0.2, -0.15) is 0 Å². The second kappa shape index (κ2) is 5.17. The molecule has 0 saturated carbocycles. The standard InChI is InChI=1S/C17H22N2O2/c1-17(2,3)16(20)19-10-6-7-12(11-19)15-18-13-8-4-5-9-14(13)21-15/h4-5,8-9,12H,6-7,10-11H2,1-3H3. The van der Waals surface area contributed by atoms with Gasteiger partial charge in [0.05, 0.1) is 5.92 Å². The number of rotatable bonds is 1. The van der Waals surface area contributed by atoms with Crippen LogP contribution in [0.5, 0.6) is 0 Å². The molecule has 1 aromatic carbocycles. The van der Waals surface area contributed by atoms with Gasteiger partial charge in [-0.3, -0.25) is 4.79 Å². The van der Waals surface area contributed by atoms with Gasteiger partial charge in [0.2, 0.25) is 5.91 Å². The summed E-state index contributed by atoms with van der Waals surface area (Å²) >= 11 is 0. The third kappa shape index (κ3) is 2.80. The van der Waals surface area contributed by atoms with E-state index in [-0.39, 0.29) is 17.2 Å². The van der Waals surface area contributed by atoms with E-state index in [1.165, 1.54) is 0 Å². The molecule has 2 aromatic rings. The number of piperidine rings is 1. The van der Waals surface area contributed by atoms with Crippen molar-refractivity contribution in [3.63, 3.8) is 0 Å². The van der Waals surface area contributed by atoms with Crippen molar-refractivity contribution in [3.8, 4) is 0 Å². The zero-order valence-electron chi connectivity index (χ0n) is 12.9. The molecular formula is C17H22N2O2. The summed E-state index contributed by atoms with van der Waals surface area (Å²) in [5.41, 5.74) is 1.39. The van der Waals surface area contributed by atoms with E-state index in [9.17, 15) is 4.79 Å². The fourth-order valence-corrected chi connectivity index (χ4v) is 2.90. The molecule has 0 aliphatic carbocycles. The normalized spacial score (nSPS) is 20.0. The van der Waals surface area contributed by atoms with Gasteiger partial charge in [-0.15, -0.1) is 0 Å². The molecule has 0 radical (unpaired) electrons. The summed E-state index contributed by atoms with van der Waals surface area (Å²) < 4.78 is 5.87. The van der Waals surface area contributed by atoms with Crippen LogP contribution in [-0.2, 0) is 4.79 Å². The molecule has 1 unspecified atom stereocenters. The number of fused-ring (bicyclic) bond motifs is 1. The molecule has 21 heavy (non-hydrogen) atoms. The lowest BCUT2D eigenvalue weighted by molar-refractivity contribution is -0.140. The fraction of sp³-hybridized carbons (Fsp3) is 0.529. The largest absolute Gasteiger partial charge is 0.440 e. The lowest BCUT2D eigenvalue weighted by atomic mass is 9.91. The number of nitrogens with zero attached hydrogens (tertiary/aromatic N) is 2. The average Bonchev–Trinajstić information content (AvgIpc) is 2.89. The van der Waals surface area contributed by atoms with Crippen LogP contribution in [0.25, 0.3) is 11.1 Å². The Bertz CT molecular complexity index is 621. The van der Waals surface area contributed by atoms with Gasteiger partial charge in [-0.25, -0.2) is 4.98 Å². The number of hydrogen-bond donors (Lipinski definition) is 0. The highest BCUT2D eigenvalue weighted by molar-refractivity contribution is 5.81. The van der Waals surface area contributed by atoms with Crippen LogP contribution in [0.15, 0.2) is 28.7 Å². The Balaban J connectivity index is 1.81. The van der Waals surface area contributed by atoms with Crippen LogP contribution in [0.1, 0.15) is 45.4 Å². The highest BCUT2D eigenvalue weighted by Crippen LogP contribution is 2.30. The third-order valence-electron chi connectivity index (χ3n) is 4.01. The highest BCUT2D eigenvalue weighted by atomic mass is 16.3. The summed E-state index contributed by atoms with van der Waals surface area (Å²) in [6.07, 6.45) is 2.03. The van der Waals surface area contributed by atoms with Crippen molar-refractivity contribution >= 4 is 17.0 Å². The van der Waals surface area contributed by atoms with Crippen LogP contribution in [0.3, 0.4) is 0 Å². The van der Waals surface area contributed by atoms with Gasteiger partial charge in [0, 0.05) is 18.5 Å². The van der Waals surface area contributed by atoms with Crippen molar-refractivity contribution in [2.45, 2.75) is 39.5 Å². The molecule has 3 rings (SSSR count). The fourth-order valence-electron chi connectivity index (χ4n) is 2.90. The third-order valence-corrected chi connectivity index (χ3v) is 4.01. The molecule has 4 nitrogen and oxygen atoms in total. The predicted octanol–water partition coefficient (Wildman–Crippen LogP) is 3.58. The average molecular weight is 286 g/mol. The quantitative estimate of drug-likeness (QED) is 0.805.